The average molecular weight is 491 g/mol. The maximum atomic E-state index is 13.7. The largest absolute Gasteiger partial charge is 0.419 e. The normalized spacial score (nSPS) is 18.4. The molecule has 1 aliphatic rings. The molecule has 10 heteroatoms. The number of carbonyl (C=O) groups is 2. The van der Waals surface area contributed by atoms with Crippen LogP contribution in [0.5, 0.6) is 0 Å². The molecule has 2 amide bonds. The first-order valence-electron chi connectivity index (χ1n) is 9.90. The van der Waals surface area contributed by atoms with E-state index in [0.717, 1.165) is 17.7 Å². The topological polar surface area (TPSA) is 58.2 Å². The second-order valence-corrected chi connectivity index (χ2v) is 8.54. The fraction of sp³-hybridized carbons (Fsp3) is 0.364. The molecule has 0 unspecified atom stereocenters. The molecule has 2 aromatic carbocycles. The van der Waals surface area contributed by atoms with Crippen LogP contribution in [0.15, 0.2) is 36.4 Å². The molecule has 2 atom stereocenters. The van der Waals surface area contributed by atoms with Gasteiger partial charge in [-0.25, -0.2) is 4.39 Å². The Hall–Kier alpha value is -2.32. The number of amides is 2. The quantitative estimate of drug-likeness (QED) is 0.525. The number of rotatable bonds is 6. The minimum Gasteiger partial charge on any atom is -0.352 e. The molecule has 0 heterocycles. The Morgan fingerprint density at radius 1 is 0.875 bits per heavy atom. The lowest BCUT2D eigenvalue weighted by Gasteiger charge is -2.19. The second-order valence-electron chi connectivity index (χ2n) is 7.67. The van der Waals surface area contributed by atoms with Gasteiger partial charge >= 0.3 is 6.18 Å². The van der Waals surface area contributed by atoms with Gasteiger partial charge in [-0.1, -0.05) is 35.7 Å². The van der Waals surface area contributed by atoms with E-state index in [9.17, 15) is 27.2 Å². The van der Waals surface area contributed by atoms with Crippen LogP contribution in [0.1, 0.15) is 36.0 Å². The summed E-state index contributed by atoms with van der Waals surface area (Å²) in [7, 11) is 0. The Morgan fingerprint density at radius 3 is 1.91 bits per heavy atom. The fourth-order valence-corrected chi connectivity index (χ4v) is 4.41. The molecule has 32 heavy (non-hydrogen) atoms. The van der Waals surface area contributed by atoms with E-state index in [1.165, 1.54) is 0 Å². The van der Waals surface area contributed by atoms with Crippen molar-refractivity contribution in [1.82, 2.24) is 10.6 Å². The Bertz CT molecular complexity index is 994. The van der Waals surface area contributed by atoms with E-state index in [4.69, 9.17) is 23.2 Å². The summed E-state index contributed by atoms with van der Waals surface area (Å²) >= 11 is 11.9. The summed E-state index contributed by atoms with van der Waals surface area (Å²) in [5.74, 6) is -3.18. The Labute approximate surface area is 192 Å². The van der Waals surface area contributed by atoms with Gasteiger partial charge in [-0.3, -0.25) is 9.59 Å². The monoisotopic (exact) mass is 490 g/mol. The molecule has 2 aromatic rings. The second kappa shape index (κ2) is 10.1. The Morgan fingerprint density at radius 2 is 1.41 bits per heavy atom. The molecule has 0 bridgehead atoms. The zero-order chi connectivity index (χ0) is 23.5. The first-order chi connectivity index (χ1) is 15.0. The van der Waals surface area contributed by atoms with Crippen molar-refractivity contribution in [3.63, 3.8) is 0 Å². The molecule has 4 nitrogen and oxygen atoms in total. The standard InChI is InChI=1S/C22H20Cl2F4N2O2/c23-14-6-13(7-15(24)9-14)11-30-21(32)17-3-1-2-16(17)20(31)29-10-12-4-5-18(19(25)8-12)22(26,27)28/h4-9,16-17H,1-3,10-11H2,(H,29,31)(H,30,32)/t16-,17-/m1/s1. The molecule has 0 radical (unpaired) electrons. The Kier molecular flexibility index (Phi) is 7.67. The lowest BCUT2D eigenvalue weighted by atomic mass is 9.94. The van der Waals surface area contributed by atoms with Crippen molar-refractivity contribution < 1.29 is 27.2 Å². The van der Waals surface area contributed by atoms with Gasteiger partial charge in [0, 0.05) is 35.0 Å². The van der Waals surface area contributed by atoms with Crippen molar-refractivity contribution >= 4 is 35.0 Å². The number of hydrogen-bond acceptors (Lipinski definition) is 2. The lowest BCUT2D eigenvalue weighted by molar-refractivity contribution is -0.140. The molecular weight excluding hydrogens is 471 g/mol. The molecule has 1 fully saturated rings. The van der Waals surface area contributed by atoms with E-state index in [1.54, 1.807) is 18.2 Å². The van der Waals surface area contributed by atoms with Crippen molar-refractivity contribution in [2.75, 3.05) is 0 Å². The predicted molar refractivity (Wildman–Crippen MR) is 112 cm³/mol. The molecular formula is C22H20Cl2F4N2O2. The van der Waals surface area contributed by atoms with Crippen LogP contribution in [-0.4, -0.2) is 11.8 Å². The number of carbonyl (C=O) groups excluding carboxylic acids is 2. The van der Waals surface area contributed by atoms with Gasteiger partial charge < -0.3 is 10.6 Å². The SMILES string of the molecule is O=C(NCc1cc(Cl)cc(Cl)c1)[C@@H]1CCC[C@H]1C(=O)NCc1ccc(C(F)(F)F)c(F)c1. The van der Waals surface area contributed by atoms with Crippen LogP contribution < -0.4 is 10.6 Å². The minimum absolute atomic E-state index is 0.139. The fourth-order valence-electron chi connectivity index (χ4n) is 3.84. The summed E-state index contributed by atoms with van der Waals surface area (Å²) in [5.41, 5.74) is -0.444. The summed E-state index contributed by atoms with van der Waals surface area (Å²) < 4.78 is 51.7. The van der Waals surface area contributed by atoms with Gasteiger partial charge in [0.2, 0.25) is 11.8 Å². The number of hydrogen-bond donors (Lipinski definition) is 2. The smallest absolute Gasteiger partial charge is 0.352 e. The molecule has 172 valence electrons. The van der Waals surface area contributed by atoms with Crippen LogP contribution in [0.2, 0.25) is 10.0 Å². The van der Waals surface area contributed by atoms with Gasteiger partial charge in [0.25, 0.3) is 0 Å². The van der Waals surface area contributed by atoms with Gasteiger partial charge in [-0.15, -0.1) is 0 Å². The van der Waals surface area contributed by atoms with Crippen molar-refractivity contribution in [2.45, 2.75) is 38.5 Å². The van der Waals surface area contributed by atoms with Crippen LogP contribution in [-0.2, 0) is 28.9 Å². The van der Waals surface area contributed by atoms with E-state index in [1.807, 2.05) is 0 Å². The third-order valence-electron chi connectivity index (χ3n) is 5.38. The molecule has 0 saturated heterocycles. The van der Waals surface area contributed by atoms with Crippen LogP contribution in [0.25, 0.3) is 0 Å². The van der Waals surface area contributed by atoms with Crippen LogP contribution in [0, 0.1) is 17.7 Å². The van der Waals surface area contributed by atoms with E-state index < -0.39 is 35.3 Å². The van der Waals surface area contributed by atoms with Gasteiger partial charge in [0.1, 0.15) is 5.82 Å². The molecule has 0 aromatic heterocycles. The van der Waals surface area contributed by atoms with Gasteiger partial charge in [-0.2, -0.15) is 13.2 Å². The third kappa shape index (κ3) is 6.13. The maximum Gasteiger partial charge on any atom is 0.419 e. The van der Waals surface area contributed by atoms with Gasteiger partial charge in [0.05, 0.1) is 5.56 Å². The summed E-state index contributed by atoms with van der Waals surface area (Å²) in [4.78, 5) is 25.2. The van der Waals surface area contributed by atoms with Crippen LogP contribution >= 0.6 is 23.2 Å². The highest BCUT2D eigenvalue weighted by Crippen LogP contribution is 2.33. The highest BCUT2D eigenvalue weighted by atomic mass is 35.5. The number of nitrogens with one attached hydrogen (secondary N) is 2. The van der Waals surface area contributed by atoms with E-state index in [2.05, 4.69) is 10.6 Å². The van der Waals surface area contributed by atoms with Gasteiger partial charge in [0.15, 0.2) is 0 Å². The van der Waals surface area contributed by atoms with Crippen molar-refractivity contribution in [3.8, 4) is 0 Å². The molecule has 0 aliphatic heterocycles. The molecule has 1 saturated carbocycles. The zero-order valence-electron chi connectivity index (χ0n) is 16.7. The third-order valence-corrected chi connectivity index (χ3v) is 5.82. The molecule has 3 rings (SSSR count). The highest BCUT2D eigenvalue weighted by molar-refractivity contribution is 6.34. The van der Waals surface area contributed by atoms with Crippen LogP contribution in [0.4, 0.5) is 17.6 Å². The lowest BCUT2D eigenvalue weighted by Crippen LogP contribution is -2.39. The minimum atomic E-state index is -4.79. The molecule has 2 N–H and O–H groups in total. The van der Waals surface area contributed by atoms with E-state index >= 15 is 0 Å². The van der Waals surface area contributed by atoms with E-state index in [-0.39, 0.29) is 24.6 Å². The zero-order valence-corrected chi connectivity index (χ0v) is 18.3. The van der Waals surface area contributed by atoms with Crippen LogP contribution in [0.3, 0.4) is 0 Å². The van der Waals surface area contributed by atoms with Gasteiger partial charge in [-0.05, 0) is 54.3 Å². The van der Waals surface area contributed by atoms with Crippen molar-refractivity contribution in [2.24, 2.45) is 11.8 Å². The predicted octanol–water partition coefficient (Wildman–Crippen LogP) is 5.50. The summed E-state index contributed by atoms with van der Waals surface area (Å²) in [6.07, 6.45) is -3.05. The maximum absolute atomic E-state index is 13.7. The first-order valence-corrected chi connectivity index (χ1v) is 10.7. The molecule has 1 aliphatic carbocycles. The summed E-state index contributed by atoms with van der Waals surface area (Å²) in [6, 6.07) is 7.43. The number of alkyl halides is 3. The average Bonchev–Trinajstić information content (AvgIpc) is 3.18. The van der Waals surface area contributed by atoms with E-state index in [0.29, 0.717) is 35.4 Å². The Balaban J connectivity index is 1.56. The first kappa shape index (κ1) is 24.3. The molecule has 0 spiro atoms. The number of halogens is 6. The highest BCUT2D eigenvalue weighted by Gasteiger charge is 2.37. The summed E-state index contributed by atoms with van der Waals surface area (Å²) in [6.45, 7) is 0.0640. The number of benzene rings is 2. The van der Waals surface area contributed by atoms with Crippen molar-refractivity contribution in [3.05, 3.63) is 69.0 Å². The summed E-state index contributed by atoms with van der Waals surface area (Å²) in [5, 5.41) is 6.28. The van der Waals surface area contributed by atoms with Crippen molar-refractivity contribution in [1.29, 1.82) is 0 Å².